The van der Waals surface area contributed by atoms with E-state index in [0.29, 0.717) is 18.6 Å². The Bertz CT molecular complexity index is 632. The fourth-order valence-electron chi connectivity index (χ4n) is 1.98. The van der Waals surface area contributed by atoms with Crippen LogP contribution in [0, 0.1) is 11.6 Å². The Morgan fingerprint density at radius 2 is 1.90 bits per heavy atom. The first-order valence-corrected chi connectivity index (χ1v) is 8.22. The van der Waals surface area contributed by atoms with E-state index in [4.69, 9.17) is 4.74 Å². The molecular formula is C16H14Br2F2O. The summed E-state index contributed by atoms with van der Waals surface area (Å²) in [5, 5.41) is 0. The van der Waals surface area contributed by atoms with Crippen LogP contribution in [0.4, 0.5) is 8.78 Å². The summed E-state index contributed by atoms with van der Waals surface area (Å²) in [6, 6.07) is 9.39. The molecule has 0 spiro atoms. The third-order valence-electron chi connectivity index (χ3n) is 3.03. The summed E-state index contributed by atoms with van der Waals surface area (Å²) >= 11 is 7.01. The molecule has 2 rings (SSSR count). The van der Waals surface area contributed by atoms with E-state index in [9.17, 15) is 8.78 Å². The predicted molar refractivity (Wildman–Crippen MR) is 87.0 cm³/mol. The van der Waals surface area contributed by atoms with Crippen molar-refractivity contribution in [3.63, 3.8) is 0 Å². The fraction of sp³-hybridized carbons (Fsp3) is 0.250. The topological polar surface area (TPSA) is 9.23 Å². The fourth-order valence-corrected chi connectivity index (χ4v) is 3.13. The molecule has 0 aliphatic heterocycles. The molecule has 2 aromatic carbocycles. The standard InChI is InChI=1S/C16H14Br2F2O/c1-2-21-16-6-4-10(7-14(16)18)13(17)8-11-3-5-12(19)9-15(11)20/h3-7,9,13H,2,8H2,1H3. The van der Waals surface area contributed by atoms with E-state index in [1.165, 1.54) is 12.1 Å². The van der Waals surface area contributed by atoms with Gasteiger partial charge in [0, 0.05) is 10.9 Å². The number of alkyl halides is 1. The Labute approximate surface area is 139 Å². The number of ether oxygens (including phenoxy) is 1. The summed E-state index contributed by atoms with van der Waals surface area (Å²) in [6.07, 6.45) is 0.437. The van der Waals surface area contributed by atoms with Gasteiger partial charge in [-0.25, -0.2) is 8.78 Å². The second-order valence-corrected chi connectivity index (χ2v) is 6.49. The van der Waals surface area contributed by atoms with Crippen molar-refractivity contribution >= 4 is 31.9 Å². The summed E-state index contributed by atoms with van der Waals surface area (Å²) in [5.41, 5.74) is 1.47. The van der Waals surface area contributed by atoms with Gasteiger partial charge in [-0.15, -0.1) is 0 Å². The van der Waals surface area contributed by atoms with E-state index in [2.05, 4.69) is 31.9 Å². The molecule has 2 aromatic rings. The van der Waals surface area contributed by atoms with Gasteiger partial charge in [0.15, 0.2) is 0 Å². The zero-order chi connectivity index (χ0) is 15.4. The zero-order valence-electron chi connectivity index (χ0n) is 11.4. The van der Waals surface area contributed by atoms with E-state index in [1.54, 1.807) is 0 Å². The minimum atomic E-state index is -0.564. The van der Waals surface area contributed by atoms with Gasteiger partial charge in [0.1, 0.15) is 17.4 Å². The molecule has 5 heteroatoms. The predicted octanol–water partition coefficient (Wildman–Crippen LogP) is 5.80. The van der Waals surface area contributed by atoms with Gasteiger partial charge < -0.3 is 4.74 Å². The number of hydrogen-bond donors (Lipinski definition) is 0. The van der Waals surface area contributed by atoms with Crippen LogP contribution in [0.5, 0.6) is 5.75 Å². The first-order valence-electron chi connectivity index (χ1n) is 6.51. The minimum Gasteiger partial charge on any atom is -0.493 e. The van der Waals surface area contributed by atoms with Gasteiger partial charge in [0.05, 0.1) is 11.1 Å². The second kappa shape index (κ2) is 7.36. The lowest BCUT2D eigenvalue weighted by atomic mass is 10.0. The van der Waals surface area contributed by atoms with Gasteiger partial charge in [0.25, 0.3) is 0 Å². The highest BCUT2D eigenvalue weighted by atomic mass is 79.9. The molecular weight excluding hydrogens is 406 g/mol. The van der Waals surface area contributed by atoms with Crippen LogP contribution in [0.1, 0.15) is 22.9 Å². The Hall–Kier alpha value is -0.940. The Morgan fingerprint density at radius 1 is 1.14 bits per heavy atom. The SMILES string of the molecule is CCOc1ccc(C(Br)Cc2ccc(F)cc2F)cc1Br. The summed E-state index contributed by atoms with van der Waals surface area (Å²) in [4.78, 5) is -0.0653. The highest BCUT2D eigenvalue weighted by Gasteiger charge is 2.14. The summed E-state index contributed by atoms with van der Waals surface area (Å²) in [5.74, 6) is -0.315. The first-order chi connectivity index (χ1) is 10.0. The molecule has 112 valence electrons. The lowest BCUT2D eigenvalue weighted by Gasteiger charge is -2.13. The molecule has 0 N–H and O–H groups in total. The molecule has 0 saturated carbocycles. The third kappa shape index (κ3) is 4.27. The largest absolute Gasteiger partial charge is 0.493 e. The number of halogens is 4. The quantitative estimate of drug-likeness (QED) is 0.556. The van der Waals surface area contributed by atoms with E-state index in [1.807, 2.05) is 25.1 Å². The van der Waals surface area contributed by atoms with Crippen molar-refractivity contribution in [2.24, 2.45) is 0 Å². The van der Waals surface area contributed by atoms with E-state index >= 15 is 0 Å². The van der Waals surface area contributed by atoms with Gasteiger partial charge in [-0.2, -0.15) is 0 Å². The van der Waals surface area contributed by atoms with E-state index < -0.39 is 11.6 Å². The normalized spacial score (nSPS) is 12.2. The van der Waals surface area contributed by atoms with Crippen LogP contribution in [-0.2, 0) is 6.42 Å². The van der Waals surface area contributed by atoms with Crippen molar-refractivity contribution in [3.05, 3.63) is 63.6 Å². The average molecular weight is 420 g/mol. The maximum absolute atomic E-state index is 13.7. The molecule has 21 heavy (non-hydrogen) atoms. The highest BCUT2D eigenvalue weighted by molar-refractivity contribution is 9.10. The van der Waals surface area contributed by atoms with Crippen LogP contribution >= 0.6 is 31.9 Å². The molecule has 0 bridgehead atoms. The van der Waals surface area contributed by atoms with Crippen LogP contribution in [0.2, 0.25) is 0 Å². The van der Waals surface area contributed by atoms with Gasteiger partial charge in [0.2, 0.25) is 0 Å². The molecule has 0 aromatic heterocycles. The maximum Gasteiger partial charge on any atom is 0.133 e. The molecule has 0 saturated heterocycles. The Balaban J connectivity index is 2.16. The smallest absolute Gasteiger partial charge is 0.133 e. The monoisotopic (exact) mass is 418 g/mol. The molecule has 0 aliphatic carbocycles. The second-order valence-electron chi connectivity index (χ2n) is 4.53. The van der Waals surface area contributed by atoms with Crippen LogP contribution < -0.4 is 4.74 Å². The van der Waals surface area contributed by atoms with Gasteiger partial charge in [-0.05, 0) is 58.6 Å². The van der Waals surface area contributed by atoms with Crippen LogP contribution in [-0.4, -0.2) is 6.61 Å². The van der Waals surface area contributed by atoms with Crippen molar-refractivity contribution < 1.29 is 13.5 Å². The average Bonchev–Trinajstić information content (AvgIpc) is 2.44. The van der Waals surface area contributed by atoms with E-state index in [0.717, 1.165) is 21.9 Å². The van der Waals surface area contributed by atoms with Crippen molar-refractivity contribution in [3.8, 4) is 5.75 Å². The van der Waals surface area contributed by atoms with Gasteiger partial charge >= 0.3 is 0 Å². The summed E-state index contributed by atoms with van der Waals surface area (Å²) in [7, 11) is 0. The van der Waals surface area contributed by atoms with Crippen molar-refractivity contribution in [1.82, 2.24) is 0 Å². The molecule has 1 unspecified atom stereocenters. The molecule has 0 fully saturated rings. The number of rotatable bonds is 5. The molecule has 0 radical (unpaired) electrons. The lowest BCUT2D eigenvalue weighted by molar-refractivity contribution is 0.338. The first kappa shape index (κ1) is 16.4. The summed E-state index contributed by atoms with van der Waals surface area (Å²) in [6.45, 7) is 2.52. The third-order valence-corrected chi connectivity index (χ3v) is 4.50. The summed E-state index contributed by atoms with van der Waals surface area (Å²) < 4.78 is 32.9. The molecule has 1 atom stereocenters. The van der Waals surface area contributed by atoms with Crippen molar-refractivity contribution in [1.29, 1.82) is 0 Å². The highest BCUT2D eigenvalue weighted by Crippen LogP contribution is 2.33. The lowest BCUT2D eigenvalue weighted by Crippen LogP contribution is -2.00. The van der Waals surface area contributed by atoms with Crippen molar-refractivity contribution in [2.45, 2.75) is 18.2 Å². The molecule has 0 heterocycles. The number of hydrogen-bond acceptors (Lipinski definition) is 1. The zero-order valence-corrected chi connectivity index (χ0v) is 14.5. The van der Waals surface area contributed by atoms with Gasteiger partial charge in [-0.3, -0.25) is 0 Å². The Kier molecular flexibility index (Phi) is 5.76. The van der Waals surface area contributed by atoms with Crippen LogP contribution in [0.25, 0.3) is 0 Å². The molecule has 1 nitrogen and oxygen atoms in total. The molecule has 0 aliphatic rings. The van der Waals surface area contributed by atoms with E-state index in [-0.39, 0.29) is 4.83 Å². The minimum absolute atomic E-state index is 0.0653. The van der Waals surface area contributed by atoms with Crippen LogP contribution in [0.3, 0.4) is 0 Å². The Morgan fingerprint density at radius 3 is 2.52 bits per heavy atom. The van der Waals surface area contributed by atoms with Crippen molar-refractivity contribution in [2.75, 3.05) is 6.61 Å². The number of benzene rings is 2. The molecule has 0 amide bonds. The maximum atomic E-state index is 13.7. The van der Waals surface area contributed by atoms with Gasteiger partial charge in [-0.1, -0.05) is 28.1 Å². The van der Waals surface area contributed by atoms with Crippen LogP contribution in [0.15, 0.2) is 40.9 Å².